The largest absolute Gasteiger partial charge is 0.309 e. The van der Waals surface area contributed by atoms with Gasteiger partial charge in [-0.3, -0.25) is 0 Å². The van der Waals surface area contributed by atoms with E-state index in [4.69, 9.17) is 0 Å². The minimum absolute atomic E-state index is 0.00618. The molecule has 0 spiro atoms. The van der Waals surface area contributed by atoms with Crippen LogP contribution in [-0.4, -0.2) is 0 Å². The first kappa shape index (κ1) is 64.8. The Morgan fingerprint density at radius 2 is 0.840 bits per heavy atom. The average molecular weight is 1460 g/mol. The Bertz CT molecular complexity index is 3200. The van der Waals surface area contributed by atoms with Crippen LogP contribution in [0.1, 0.15) is 49.9 Å². The second-order valence-electron chi connectivity index (χ2n) is 18.7. The summed E-state index contributed by atoms with van der Waals surface area (Å²) in [5.41, 5.74) is 16.7. The van der Waals surface area contributed by atoms with Crippen LogP contribution in [0.25, 0.3) is 53.6 Å². The summed E-state index contributed by atoms with van der Waals surface area (Å²) in [5, 5.41) is 2.65. The number of fused-ring (bicyclic) bond motifs is 9. The molecule has 75 heavy (non-hydrogen) atoms. The summed E-state index contributed by atoms with van der Waals surface area (Å²) in [6, 6.07) is 56.7. The van der Waals surface area contributed by atoms with Crippen molar-refractivity contribution in [3.05, 3.63) is 174 Å². The van der Waals surface area contributed by atoms with Gasteiger partial charge in [-0.2, -0.15) is 0 Å². The monoisotopic (exact) mass is 1460 g/mol. The molecule has 27 heteroatoms. The molecule has 0 N–H and O–H groups in total. The zero-order chi connectivity index (χ0) is 53.8. The summed E-state index contributed by atoms with van der Waals surface area (Å²) >= 11 is 1.89. The lowest BCUT2D eigenvalue weighted by molar-refractivity contribution is 0.660. The number of thiophene rings is 1. The Morgan fingerprint density at radius 1 is 0.413 bits per heavy atom. The summed E-state index contributed by atoms with van der Waals surface area (Å²) in [4.78, 5) is 2.56. The van der Waals surface area contributed by atoms with Crippen LogP contribution < -0.4 is 4.90 Å². The van der Waals surface area contributed by atoms with Crippen molar-refractivity contribution in [2.45, 2.75) is 38.5 Å². The third-order valence-electron chi connectivity index (χ3n) is 13.5. The lowest BCUT2D eigenvalue weighted by Crippen LogP contribution is -2.17. The SMILES string of the molecule is CC1(C)c2ccccc2-c2c(N(c3cccc(-c4cccc5c4sc4ccccc45)c3)c3cccc4c3-c3ccccc3C4(C)C)cccc21.PPP(P(P)P)P(P(P)P)P(P(P(P)P)P(P)P)P(P(P)P)P(P)P. The minimum Gasteiger partial charge on any atom is -0.309 e. The number of nitrogens with zero attached hydrogens (tertiary/aromatic N) is 1. The van der Waals surface area contributed by atoms with Gasteiger partial charge in [-0.15, -0.1) is 127 Å². The van der Waals surface area contributed by atoms with Gasteiger partial charge < -0.3 is 4.90 Å². The van der Waals surface area contributed by atoms with Gasteiger partial charge in [0.05, 0.1) is 11.4 Å². The van der Waals surface area contributed by atoms with Gasteiger partial charge in [-0.1, -0.05) is 157 Å². The summed E-state index contributed by atoms with van der Waals surface area (Å²) in [5.74, 6) is 0. The van der Waals surface area contributed by atoms with Crippen molar-refractivity contribution in [2.24, 2.45) is 0 Å². The van der Waals surface area contributed by atoms with Gasteiger partial charge in [-0.25, -0.2) is 0 Å². The molecule has 7 aromatic carbocycles. The number of hydrogen-bond donors (Lipinski definition) is 0. The van der Waals surface area contributed by atoms with Crippen molar-refractivity contribution in [2.75, 3.05) is 4.90 Å². The smallest absolute Gasteiger partial charge is 0.0543 e. The standard InChI is InChI=1S/C48H37NS.H27P25/c1-47(2)37-22-8-5-18-35(37)44-39(47)24-13-26-41(44)49(42-27-14-25-40-45(42)36-19-6-9-23-38(36)48(40,3)4)31-16-11-15-30(29-31)32-20-12-21-34-33-17-7-10-28-43(33)50-46(32)34;1-14-21(15(2)3)24(20(12)13)25(22(16(4)5)17(6)7)23(18(8)9)19(10)11/h5-29H,1-4H3;14H,1-13H2. The van der Waals surface area contributed by atoms with Crippen LogP contribution in [0.5, 0.6) is 0 Å². The summed E-state index contributed by atoms with van der Waals surface area (Å²) in [6.45, 7) is 10.0. The summed E-state index contributed by atoms with van der Waals surface area (Å²) in [6.07, 6.45) is 0. The maximum atomic E-state index is 3.27. The van der Waals surface area contributed by atoms with Crippen molar-refractivity contribution < 1.29 is 0 Å². The van der Waals surface area contributed by atoms with Crippen molar-refractivity contribution in [3.8, 4) is 33.4 Å². The highest BCUT2D eigenvalue weighted by Gasteiger charge is 2.47. The van der Waals surface area contributed by atoms with Crippen LogP contribution in [0.15, 0.2) is 152 Å². The fourth-order valence-corrected chi connectivity index (χ4v) is 326. The minimum atomic E-state index is -0.0977. The molecule has 0 radical (unpaired) electrons. The van der Waals surface area contributed by atoms with Crippen LogP contribution in [0.4, 0.5) is 17.1 Å². The molecule has 0 fully saturated rings. The topological polar surface area (TPSA) is 3.24 Å². The second kappa shape index (κ2) is 28.2. The molecule has 16 unspecified atom stereocenters. The summed E-state index contributed by atoms with van der Waals surface area (Å²) < 4.78 is 2.67. The van der Waals surface area contributed by atoms with Crippen molar-refractivity contribution in [1.82, 2.24) is 0 Å². The molecule has 0 amide bonds. The van der Waals surface area contributed by atoms with Crippen LogP contribution in [0.3, 0.4) is 0 Å². The third-order valence-corrected chi connectivity index (χ3v) is 176. The maximum Gasteiger partial charge on any atom is 0.0543 e. The molecule has 0 saturated carbocycles. The molecule has 392 valence electrons. The molecule has 0 saturated heterocycles. The van der Waals surface area contributed by atoms with E-state index in [1.54, 1.807) is 0 Å². The van der Waals surface area contributed by atoms with Crippen LogP contribution in [-0.2, 0) is 10.8 Å². The van der Waals surface area contributed by atoms with Crippen LogP contribution in [0.2, 0.25) is 0 Å². The molecule has 0 aliphatic heterocycles. The molecular formula is C48H64NP25S. The Balaban J connectivity index is 0.000000236. The zero-order valence-corrected chi connectivity index (χ0v) is 68.4. The molecule has 8 aromatic rings. The fourth-order valence-electron chi connectivity index (χ4n) is 10.3. The molecule has 1 nitrogen and oxygen atoms in total. The number of anilines is 3. The van der Waals surface area contributed by atoms with Gasteiger partial charge >= 0.3 is 0 Å². The van der Waals surface area contributed by atoms with Gasteiger partial charge in [0.1, 0.15) is 0 Å². The van der Waals surface area contributed by atoms with Gasteiger partial charge in [0.2, 0.25) is 0 Å². The lowest BCUT2D eigenvalue weighted by atomic mass is 9.82. The van der Waals surface area contributed by atoms with Gasteiger partial charge in [-0.05, 0) is 152 Å². The van der Waals surface area contributed by atoms with Crippen molar-refractivity contribution >= 4 is 249 Å². The lowest BCUT2D eigenvalue weighted by Gasteiger charge is -2.49. The number of rotatable bonds is 15. The van der Waals surface area contributed by atoms with E-state index in [9.17, 15) is 0 Å². The molecule has 16 atom stereocenters. The normalized spacial score (nSPS) is 15.3. The molecule has 2 aliphatic rings. The van der Waals surface area contributed by atoms with E-state index in [0.717, 1.165) is 13.6 Å². The fraction of sp³-hybridized carbons (Fsp3) is 0.125. The first-order valence-electron chi connectivity index (χ1n) is 23.2. The highest BCUT2D eigenvalue weighted by atomic mass is 33.5. The Labute approximate surface area is 495 Å². The molecule has 2 aliphatic carbocycles. The van der Waals surface area contributed by atoms with Crippen LogP contribution >= 0.6 is 212 Å². The van der Waals surface area contributed by atoms with Crippen molar-refractivity contribution in [1.29, 1.82) is 0 Å². The Kier molecular flexibility index (Phi) is 24.4. The molecule has 10 rings (SSSR count). The van der Waals surface area contributed by atoms with Crippen molar-refractivity contribution in [3.63, 3.8) is 0 Å². The van der Waals surface area contributed by atoms with E-state index < -0.39 is 0 Å². The van der Waals surface area contributed by atoms with E-state index in [1.165, 1.54) is 87.2 Å². The second-order valence-corrected chi connectivity index (χ2v) is 118. The zero-order valence-electron chi connectivity index (χ0n) is 41.7. The Hall–Kier alpha value is 5.31. The third kappa shape index (κ3) is 13.4. The predicted molar refractivity (Wildman–Crippen MR) is 425 cm³/mol. The van der Waals surface area contributed by atoms with Gasteiger partial charge in [0.15, 0.2) is 0 Å². The van der Waals surface area contributed by atoms with Crippen LogP contribution in [0, 0.1) is 0 Å². The molecule has 0 bridgehead atoms. The first-order valence-corrected chi connectivity index (χ1v) is 68.9. The molecule has 1 aromatic heterocycles. The Morgan fingerprint density at radius 3 is 1.33 bits per heavy atom. The maximum absolute atomic E-state index is 3.27. The molecule has 1 heterocycles. The molecular weight excluding hydrogens is 1400 g/mol. The van der Waals surface area contributed by atoms with E-state index in [2.05, 4.69) is 300 Å². The van der Waals surface area contributed by atoms with E-state index >= 15 is 0 Å². The van der Waals surface area contributed by atoms with E-state index in [-0.39, 0.29) is 87.7 Å². The average Bonchev–Trinajstić information content (AvgIpc) is 3.97. The van der Waals surface area contributed by atoms with Gasteiger partial charge in [0.25, 0.3) is 0 Å². The van der Waals surface area contributed by atoms with Gasteiger partial charge in [0, 0.05) is 47.8 Å². The predicted octanol–water partition coefficient (Wildman–Crippen LogP) is 28.1. The number of benzene rings is 7. The quantitative estimate of drug-likeness (QED) is 0.0925. The van der Waals surface area contributed by atoms with E-state index in [0.29, 0.717) is 0 Å². The highest BCUT2D eigenvalue weighted by Crippen LogP contribution is 3.34. The highest BCUT2D eigenvalue weighted by molar-refractivity contribution is 9.40. The first-order chi connectivity index (χ1) is 35.7. The summed E-state index contributed by atoms with van der Waals surface area (Å²) in [7, 11) is 43.0. The van der Waals surface area contributed by atoms with E-state index in [1.807, 2.05) is 11.3 Å². The number of hydrogen-bond acceptors (Lipinski definition) is 2.